The second-order valence-corrected chi connectivity index (χ2v) is 6.59. The number of aromatic nitrogens is 2. The van der Waals surface area contributed by atoms with Crippen LogP contribution in [0.3, 0.4) is 0 Å². The summed E-state index contributed by atoms with van der Waals surface area (Å²) >= 11 is 0. The van der Waals surface area contributed by atoms with E-state index in [9.17, 15) is 4.79 Å². The van der Waals surface area contributed by atoms with Gasteiger partial charge in [0.05, 0.1) is 17.5 Å². The minimum Gasteiger partial charge on any atom is -0.478 e. The van der Waals surface area contributed by atoms with Crippen molar-refractivity contribution in [1.29, 1.82) is 0 Å². The minimum atomic E-state index is -0.113. The molecule has 0 fully saturated rings. The summed E-state index contributed by atoms with van der Waals surface area (Å²) in [5.74, 6) is 1.94. The van der Waals surface area contributed by atoms with Gasteiger partial charge in [-0.15, -0.1) is 0 Å². The zero-order valence-electron chi connectivity index (χ0n) is 14.9. The van der Waals surface area contributed by atoms with Crippen LogP contribution in [0.25, 0.3) is 11.6 Å². The Balaban J connectivity index is 1.50. The zero-order chi connectivity index (χ0) is 18.1. The fraction of sp³-hybridized carbons (Fsp3) is 0.300. The number of furan rings is 1. The van der Waals surface area contributed by atoms with Crippen molar-refractivity contribution in [3.8, 4) is 17.3 Å². The van der Waals surface area contributed by atoms with Crippen LogP contribution in [0.2, 0.25) is 0 Å². The fourth-order valence-electron chi connectivity index (χ4n) is 3.16. The van der Waals surface area contributed by atoms with Gasteiger partial charge in [0.2, 0.25) is 0 Å². The number of hydrogen-bond acceptors (Lipinski definition) is 5. The standard InChI is InChI=1S/C20H21N3O3/c1-13-5-3-6-17(14(13)2)26-12-23-9-8-16-15(11-23)20(24)22-19(21-16)18-7-4-10-25-18/h3-7,10H,8-9,11-12H2,1-2H3,(H,21,22,24). The summed E-state index contributed by atoms with van der Waals surface area (Å²) in [7, 11) is 0. The predicted octanol–water partition coefficient (Wildman–Crippen LogP) is 3.04. The molecule has 3 aromatic rings. The topological polar surface area (TPSA) is 71.4 Å². The van der Waals surface area contributed by atoms with E-state index in [1.165, 1.54) is 5.56 Å². The molecule has 26 heavy (non-hydrogen) atoms. The van der Waals surface area contributed by atoms with E-state index in [2.05, 4.69) is 34.8 Å². The number of nitrogens with one attached hydrogen (secondary N) is 1. The number of aromatic amines is 1. The summed E-state index contributed by atoms with van der Waals surface area (Å²) < 4.78 is 11.3. The van der Waals surface area contributed by atoms with Crippen LogP contribution in [0.5, 0.6) is 5.75 Å². The number of nitrogens with zero attached hydrogens (tertiary/aromatic N) is 2. The van der Waals surface area contributed by atoms with Crippen LogP contribution in [-0.2, 0) is 13.0 Å². The Hall–Kier alpha value is -2.86. The van der Waals surface area contributed by atoms with Crippen molar-refractivity contribution in [3.05, 3.63) is 69.3 Å². The Morgan fingerprint density at radius 1 is 1.27 bits per heavy atom. The average Bonchev–Trinajstić information content (AvgIpc) is 3.18. The number of aryl methyl sites for hydroxylation is 1. The molecule has 0 aliphatic carbocycles. The summed E-state index contributed by atoms with van der Waals surface area (Å²) in [6.45, 7) is 5.90. The van der Waals surface area contributed by atoms with Gasteiger partial charge in [-0.3, -0.25) is 9.69 Å². The van der Waals surface area contributed by atoms with Crippen LogP contribution in [0.1, 0.15) is 22.4 Å². The molecule has 0 unspecified atom stereocenters. The smallest absolute Gasteiger partial charge is 0.256 e. The van der Waals surface area contributed by atoms with Gasteiger partial charge in [0.15, 0.2) is 11.6 Å². The molecule has 1 aliphatic heterocycles. The number of fused-ring (bicyclic) bond motifs is 1. The largest absolute Gasteiger partial charge is 0.478 e. The number of H-pyrrole nitrogens is 1. The van der Waals surface area contributed by atoms with Crippen molar-refractivity contribution in [2.24, 2.45) is 0 Å². The molecule has 2 aromatic heterocycles. The number of benzene rings is 1. The lowest BCUT2D eigenvalue weighted by atomic mass is 10.1. The SMILES string of the molecule is Cc1cccc(OCN2CCc3nc(-c4ccco4)[nH]c(=O)c3C2)c1C. The first-order valence-electron chi connectivity index (χ1n) is 8.69. The van der Waals surface area contributed by atoms with Gasteiger partial charge >= 0.3 is 0 Å². The summed E-state index contributed by atoms with van der Waals surface area (Å²) in [5.41, 5.74) is 3.78. The lowest BCUT2D eigenvalue weighted by Crippen LogP contribution is -2.38. The van der Waals surface area contributed by atoms with Crippen LogP contribution in [0.15, 0.2) is 45.8 Å². The third kappa shape index (κ3) is 3.15. The first-order chi connectivity index (χ1) is 12.6. The molecular weight excluding hydrogens is 330 g/mol. The van der Waals surface area contributed by atoms with Gasteiger partial charge in [0.1, 0.15) is 12.5 Å². The van der Waals surface area contributed by atoms with Crippen molar-refractivity contribution >= 4 is 0 Å². The van der Waals surface area contributed by atoms with Crippen molar-refractivity contribution in [2.75, 3.05) is 13.3 Å². The van der Waals surface area contributed by atoms with Crippen molar-refractivity contribution in [2.45, 2.75) is 26.8 Å². The molecular formula is C20H21N3O3. The van der Waals surface area contributed by atoms with Gasteiger partial charge < -0.3 is 14.1 Å². The molecule has 0 amide bonds. The van der Waals surface area contributed by atoms with Crippen LogP contribution in [0, 0.1) is 13.8 Å². The van der Waals surface area contributed by atoms with E-state index in [1.54, 1.807) is 18.4 Å². The van der Waals surface area contributed by atoms with Gasteiger partial charge in [-0.25, -0.2) is 4.98 Å². The quantitative estimate of drug-likeness (QED) is 0.782. The van der Waals surface area contributed by atoms with E-state index in [0.29, 0.717) is 36.8 Å². The first kappa shape index (κ1) is 16.6. The predicted molar refractivity (Wildman–Crippen MR) is 98.1 cm³/mol. The molecule has 0 atom stereocenters. The Morgan fingerprint density at radius 3 is 2.96 bits per heavy atom. The number of hydrogen-bond donors (Lipinski definition) is 1. The van der Waals surface area contributed by atoms with E-state index in [1.807, 2.05) is 12.1 Å². The van der Waals surface area contributed by atoms with Crippen molar-refractivity contribution in [1.82, 2.24) is 14.9 Å². The van der Waals surface area contributed by atoms with Crippen LogP contribution in [-0.4, -0.2) is 28.1 Å². The van der Waals surface area contributed by atoms with E-state index in [4.69, 9.17) is 9.15 Å². The highest BCUT2D eigenvalue weighted by Crippen LogP contribution is 2.22. The first-order valence-corrected chi connectivity index (χ1v) is 8.69. The summed E-state index contributed by atoms with van der Waals surface area (Å²) in [4.78, 5) is 22.0. The minimum absolute atomic E-state index is 0.113. The Morgan fingerprint density at radius 2 is 2.15 bits per heavy atom. The lowest BCUT2D eigenvalue weighted by molar-refractivity contribution is 0.112. The number of ether oxygens (including phenoxy) is 1. The Kier molecular flexibility index (Phi) is 4.34. The third-order valence-electron chi connectivity index (χ3n) is 4.86. The maximum absolute atomic E-state index is 12.5. The molecule has 6 heteroatoms. The molecule has 1 N–H and O–H groups in total. The third-order valence-corrected chi connectivity index (χ3v) is 4.86. The molecule has 1 aromatic carbocycles. The second kappa shape index (κ2) is 6.80. The van der Waals surface area contributed by atoms with Gasteiger partial charge in [0.25, 0.3) is 5.56 Å². The number of rotatable bonds is 4. The molecule has 0 saturated carbocycles. The molecule has 1 aliphatic rings. The summed E-state index contributed by atoms with van der Waals surface area (Å²) in [5, 5.41) is 0. The molecule has 0 spiro atoms. The van der Waals surface area contributed by atoms with E-state index < -0.39 is 0 Å². The van der Waals surface area contributed by atoms with E-state index in [-0.39, 0.29) is 5.56 Å². The highest BCUT2D eigenvalue weighted by atomic mass is 16.5. The molecule has 0 saturated heterocycles. The zero-order valence-corrected chi connectivity index (χ0v) is 14.9. The maximum Gasteiger partial charge on any atom is 0.256 e. The molecule has 6 nitrogen and oxygen atoms in total. The monoisotopic (exact) mass is 351 g/mol. The van der Waals surface area contributed by atoms with Crippen molar-refractivity contribution < 1.29 is 9.15 Å². The van der Waals surface area contributed by atoms with Crippen molar-refractivity contribution in [3.63, 3.8) is 0 Å². The van der Waals surface area contributed by atoms with Gasteiger partial charge in [-0.2, -0.15) is 0 Å². The summed E-state index contributed by atoms with van der Waals surface area (Å²) in [6, 6.07) is 9.61. The molecule has 4 rings (SSSR count). The molecule has 3 heterocycles. The Labute approximate surface area is 151 Å². The Bertz CT molecular complexity index is 976. The highest BCUT2D eigenvalue weighted by molar-refractivity contribution is 5.47. The van der Waals surface area contributed by atoms with Gasteiger partial charge in [-0.05, 0) is 43.2 Å². The van der Waals surface area contributed by atoms with Crippen LogP contribution < -0.4 is 10.3 Å². The second-order valence-electron chi connectivity index (χ2n) is 6.59. The fourth-order valence-corrected chi connectivity index (χ4v) is 3.16. The van der Waals surface area contributed by atoms with Crippen LogP contribution in [0.4, 0.5) is 0 Å². The van der Waals surface area contributed by atoms with E-state index >= 15 is 0 Å². The normalized spacial score (nSPS) is 14.2. The van der Waals surface area contributed by atoms with Crippen LogP contribution >= 0.6 is 0 Å². The summed E-state index contributed by atoms with van der Waals surface area (Å²) in [6.07, 6.45) is 2.28. The van der Waals surface area contributed by atoms with Gasteiger partial charge in [0, 0.05) is 19.5 Å². The molecule has 134 valence electrons. The lowest BCUT2D eigenvalue weighted by Gasteiger charge is -2.27. The maximum atomic E-state index is 12.5. The highest BCUT2D eigenvalue weighted by Gasteiger charge is 2.22. The average molecular weight is 351 g/mol. The van der Waals surface area contributed by atoms with Gasteiger partial charge in [-0.1, -0.05) is 12.1 Å². The van der Waals surface area contributed by atoms with E-state index in [0.717, 1.165) is 23.6 Å². The molecule has 0 bridgehead atoms. The molecule has 0 radical (unpaired) electrons.